The van der Waals surface area contributed by atoms with Crippen molar-refractivity contribution in [3.05, 3.63) is 83.2 Å². The zero-order chi connectivity index (χ0) is 22.0. The highest BCUT2D eigenvalue weighted by molar-refractivity contribution is 7.99. The Morgan fingerprint density at radius 1 is 0.844 bits per heavy atom. The van der Waals surface area contributed by atoms with Crippen LogP contribution in [0.1, 0.15) is 42.3 Å². The van der Waals surface area contributed by atoms with Crippen molar-refractivity contribution in [1.82, 2.24) is 19.6 Å². The fourth-order valence-corrected chi connectivity index (χ4v) is 6.85. The summed E-state index contributed by atoms with van der Waals surface area (Å²) in [6.07, 6.45) is 0. The van der Waals surface area contributed by atoms with E-state index in [1.807, 2.05) is 40.7 Å². The largest absolute Gasteiger partial charge is 0.471 e. The molecule has 2 aromatic carbocycles. The SMILES string of the molecule is Cc1nn(-c2ccccc2)c2c1C1c3c(C)nn(-c4ccccc4)c3SCC1C(C)(C)O2. The molecule has 5 nitrogen and oxygen atoms in total. The van der Waals surface area contributed by atoms with Crippen LogP contribution in [0, 0.1) is 19.8 Å². The number of nitrogens with zero attached hydrogens (tertiary/aromatic N) is 4. The van der Waals surface area contributed by atoms with Crippen LogP contribution in [-0.2, 0) is 0 Å². The molecule has 0 spiro atoms. The third-order valence-electron chi connectivity index (χ3n) is 6.80. The number of ether oxygens (including phenoxy) is 1. The molecule has 2 atom stereocenters. The average molecular weight is 443 g/mol. The van der Waals surface area contributed by atoms with Crippen molar-refractivity contribution < 1.29 is 4.74 Å². The maximum Gasteiger partial charge on any atom is 0.221 e. The van der Waals surface area contributed by atoms with Crippen molar-refractivity contribution >= 4 is 11.8 Å². The van der Waals surface area contributed by atoms with Gasteiger partial charge in [-0.2, -0.15) is 10.2 Å². The number of thioether (sulfide) groups is 1. The van der Waals surface area contributed by atoms with E-state index >= 15 is 0 Å². The predicted octanol–water partition coefficient (Wildman–Crippen LogP) is 5.70. The quantitative estimate of drug-likeness (QED) is 0.399. The standard InChI is InChI=1S/C26H26N4OS/c1-16-21-23-20(26(3,4)31-24(21)29(27-16)18-11-7-5-8-12-18)15-32-25-22(23)17(2)28-30(25)19-13-9-6-10-14-19/h5-14,20,23H,15H2,1-4H3. The maximum absolute atomic E-state index is 6.70. The number of aromatic nitrogens is 4. The molecule has 0 saturated heterocycles. The Morgan fingerprint density at radius 3 is 2.06 bits per heavy atom. The van der Waals surface area contributed by atoms with E-state index in [0.717, 1.165) is 34.4 Å². The summed E-state index contributed by atoms with van der Waals surface area (Å²) in [4.78, 5) is 0. The number of hydrogen-bond acceptors (Lipinski definition) is 4. The molecule has 162 valence electrons. The summed E-state index contributed by atoms with van der Waals surface area (Å²) < 4.78 is 10.8. The van der Waals surface area contributed by atoms with Crippen LogP contribution >= 0.6 is 11.8 Å². The molecule has 2 aliphatic heterocycles. The van der Waals surface area contributed by atoms with Gasteiger partial charge >= 0.3 is 0 Å². The first kappa shape index (κ1) is 19.7. The molecule has 0 aliphatic carbocycles. The lowest BCUT2D eigenvalue weighted by atomic mass is 9.72. The predicted molar refractivity (Wildman–Crippen MR) is 127 cm³/mol. The van der Waals surface area contributed by atoms with Crippen molar-refractivity contribution in [3.63, 3.8) is 0 Å². The molecule has 0 saturated carbocycles. The van der Waals surface area contributed by atoms with Gasteiger partial charge in [-0.1, -0.05) is 36.4 Å². The fraction of sp³-hybridized carbons (Fsp3) is 0.308. The van der Waals surface area contributed by atoms with Gasteiger partial charge in [0.2, 0.25) is 5.88 Å². The molecule has 2 aliphatic rings. The Labute approximate surface area is 192 Å². The van der Waals surface area contributed by atoms with Crippen molar-refractivity contribution in [3.8, 4) is 17.3 Å². The van der Waals surface area contributed by atoms with Gasteiger partial charge < -0.3 is 4.74 Å². The lowest BCUT2D eigenvalue weighted by molar-refractivity contribution is 0.0198. The first-order valence-electron chi connectivity index (χ1n) is 11.1. The first-order chi connectivity index (χ1) is 15.5. The molecule has 0 radical (unpaired) electrons. The Morgan fingerprint density at radius 2 is 1.41 bits per heavy atom. The third kappa shape index (κ3) is 2.78. The van der Waals surface area contributed by atoms with Crippen molar-refractivity contribution in [2.24, 2.45) is 5.92 Å². The summed E-state index contributed by atoms with van der Waals surface area (Å²) in [6, 6.07) is 20.7. The number of fused-ring (bicyclic) bond motifs is 5. The highest BCUT2D eigenvalue weighted by Gasteiger charge is 2.51. The summed E-state index contributed by atoms with van der Waals surface area (Å²) in [5.74, 6) is 2.40. The van der Waals surface area contributed by atoms with Gasteiger partial charge in [-0.15, -0.1) is 11.8 Å². The minimum atomic E-state index is -0.317. The second kappa shape index (κ2) is 7.01. The Kier molecular flexibility index (Phi) is 4.31. The smallest absolute Gasteiger partial charge is 0.221 e. The van der Waals surface area contributed by atoms with E-state index in [1.165, 1.54) is 16.2 Å². The zero-order valence-electron chi connectivity index (χ0n) is 18.7. The van der Waals surface area contributed by atoms with Crippen molar-refractivity contribution in [2.45, 2.75) is 44.2 Å². The van der Waals surface area contributed by atoms with Gasteiger partial charge in [0, 0.05) is 28.7 Å². The van der Waals surface area contributed by atoms with Crippen LogP contribution in [-0.4, -0.2) is 30.9 Å². The van der Waals surface area contributed by atoms with Gasteiger partial charge in [-0.25, -0.2) is 9.36 Å². The molecule has 32 heavy (non-hydrogen) atoms. The third-order valence-corrected chi connectivity index (χ3v) is 8.00. The van der Waals surface area contributed by atoms with E-state index in [1.54, 1.807) is 0 Å². The molecule has 0 amide bonds. The highest BCUT2D eigenvalue weighted by Crippen LogP contribution is 2.56. The van der Waals surface area contributed by atoms with E-state index in [9.17, 15) is 0 Å². The first-order valence-corrected chi connectivity index (χ1v) is 12.1. The molecule has 0 N–H and O–H groups in total. The average Bonchev–Trinajstić information content (AvgIpc) is 3.31. The summed E-state index contributed by atoms with van der Waals surface area (Å²) in [7, 11) is 0. The minimum Gasteiger partial charge on any atom is -0.471 e. The zero-order valence-corrected chi connectivity index (χ0v) is 19.6. The normalized spacial score (nSPS) is 20.8. The number of benzene rings is 2. The Hall–Kier alpha value is -2.99. The summed E-state index contributed by atoms with van der Waals surface area (Å²) >= 11 is 1.90. The van der Waals surface area contributed by atoms with Crippen LogP contribution in [0.3, 0.4) is 0 Å². The van der Waals surface area contributed by atoms with E-state index < -0.39 is 0 Å². The molecule has 4 aromatic rings. The maximum atomic E-state index is 6.70. The summed E-state index contributed by atoms with van der Waals surface area (Å²) in [5, 5.41) is 11.2. The van der Waals surface area contributed by atoms with Crippen molar-refractivity contribution in [2.75, 3.05) is 5.75 Å². The van der Waals surface area contributed by atoms with Crippen molar-refractivity contribution in [1.29, 1.82) is 0 Å². The van der Waals surface area contributed by atoms with Crippen LogP contribution in [0.5, 0.6) is 5.88 Å². The second-order valence-corrected chi connectivity index (χ2v) is 10.2. The number of rotatable bonds is 2. The van der Waals surface area contributed by atoms with Crippen LogP contribution in [0.15, 0.2) is 65.7 Å². The molecular formula is C26H26N4OS. The lowest BCUT2D eigenvalue weighted by Gasteiger charge is -2.46. The molecular weight excluding hydrogens is 416 g/mol. The van der Waals surface area contributed by atoms with E-state index in [4.69, 9.17) is 14.9 Å². The molecule has 6 rings (SSSR count). The Balaban J connectivity index is 1.58. The van der Waals surface area contributed by atoms with E-state index in [0.29, 0.717) is 5.92 Å². The monoisotopic (exact) mass is 442 g/mol. The molecule has 4 heterocycles. The molecule has 0 fully saturated rings. The molecule has 6 heteroatoms. The number of aryl methyl sites for hydroxylation is 2. The molecule has 2 unspecified atom stereocenters. The second-order valence-electron chi connectivity index (χ2n) is 9.20. The van der Waals surface area contributed by atoms with Gasteiger partial charge in [0.1, 0.15) is 10.6 Å². The Bertz CT molecular complexity index is 1310. The van der Waals surface area contributed by atoms with Crippen LogP contribution in [0.2, 0.25) is 0 Å². The minimum absolute atomic E-state index is 0.208. The molecule has 2 aromatic heterocycles. The van der Waals surface area contributed by atoms with Gasteiger partial charge in [0.15, 0.2) is 0 Å². The van der Waals surface area contributed by atoms with E-state index in [-0.39, 0.29) is 11.5 Å². The van der Waals surface area contributed by atoms with Gasteiger partial charge in [0.25, 0.3) is 0 Å². The fourth-order valence-electron chi connectivity index (χ4n) is 5.22. The van der Waals surface area contributed by atoms with Gasteiger partial charge in [0.05, 0.1) is 22.8 Å². The van der Waals surface area contributed by atoms with Crippen LogP contribution in [0.25, 0.3) is 11.4 Å². The highest BCUT2D eigenvalue weighted by atomic mass is 32.2. The van der Waals surface area contributed by atoms with Gasteiger partial charge in [-0.3, -0.25) is 0 Å². The van der Waals surface area contributed by atoms with Crippen LogP contribution in [0.4, 0.5) is 0 Å². The van der Waals surface area contributed by atoms with Gasteiger partial charge in [-0.05, 0) is 52.0 Å². The lowest BCUT2D eigenvalue weighted by Crippen LogP contribution is -2.47. The summed E-state index contributed by atoms with van der Waals surface area (Å²) in [6.45, 7) is 8.68. The number of para-hydroxylation sites is 2. The molecule has 0 bridgehead atoms. The summed E-state index contributed by atoms with van der Waals surface area (Å²) in [5.41, 5.74) is 6.45. The van der Waals surface area contributed by atoms with Crippen LogP contribution < -0.4 is 4.74 Å². The van der Waals surface area contributed by atoms with E-state index in [2.05, 4.69) is 68.8 Å². The topological polar surface area (TPSA) is 44.9 Å². The number of hydrogen-bond donors (Lipinski definition) is 0.